The zero-order valence-electron chi connectivity index (χ0n) is 11.9. The lowest BCUT2D eigenvalue weighted by molar-refractivity contribution is 0.522. The van der Waals surface area contributed by atoms with E-state index in [1.165, 1.54) is 16.7 Å². The Morgan fingerprint density at radius 1 is 1.24 bits per heavy atom. The molecule has 17 heavy (non-hydrogen) atoms. The molecular weight excluding hydrogens is 226 g/mol. The monoisotopic (exact) mass is 251 g/mol. The number of nitrogens with one attached hydrogen (secondary N) is 1. The van der Waals surface area contributed by atoms with Crippen molar-refractivity contribution in [1.82, 2.24) is 5.32 Å². The van der Waals surface area contributed by atoms with E-state index in [0.29, 0.717) is 10.8 Å². The van der Waals surface area contributed by atoms with E-state index in [4.69, 9.17) is 0 Å². The second-order valence-corrected chi connectivity index (χ2v) is 6.92. The van der Waals surface area contributed by atoms with Gasteiger partial charge in [0, 0.05) is 17.3 Å². The molecule has 1 unspecified atom stereocenters. The maximum absolute atomic E-state index is 3.62. The lowest BCUT2D eigenvalue weighted by Gasteiger charge is -2.25. The van der Waals surface area contributed by atoms with Crippen LogP contribution in [0.25, 0.3) is 0 Å². The SMILES string of the molecule is CSC(C)(C)CNC(C)c1ccc(C)c(C)c1. The van der Waals surface area contributed by atoms with Crippen LogP contribution in [0.5, 0.6) is 0 Å². The predicted molar refractivity (Wildman–Crippen MR) is 79.9 cm³/mol. The summed E-state index contributed by atoms with van der Waals surface area (Å²) in [6, 6.07) is 7.15. The molecular formula is C15H25NS. The molecule has 0 fully saturated rings. The van der Waals surface area contributed by atoms with Crippen molar-refractivity contribution >= 4 is 11.8 Å². The number of hydrogen-bond acceptors (Lipinski definition) is 2. The molecule has 1 rings (SSSR count). The molecule has 0 saturated heterocycles. The van der Waals surface area contributed by atoms with Gasteiger partial charge in [0.25, 0.3) is 0 Å². The Balaban J connectivity index is 2.64. The van der Waals surface area contributed by atoms with Crippen LogP contribution in [0.4, 0.5) is 0 Å². The van der Waals surface area contributed by atoms with E-state index in [1.54, 1.807) is 0 Å². The molecule has 1 N–H and O–H groups in total. The van der Waals surface area contributed by atoms with E-state index in [0.717, 1.165) is 6.54 Å². The maximum atomic E-state index is 3.62. The van der Waals surface area contributed by atoms with Crippen LogP contribution < -0.4 is 5.32 Å². The Labute approximate surface area is 110 Å². The summed E-state index contributed by atoms with van der Waals surface area (Å²) in [5.41, 5.74) is 4.12. The fourth-order valence-corrected chi connectivity index (χ4v) is 1.85. The highest BCUT2D eigenvalue weighted by molar-refractivity contribution is 7.99. The van der Waals surface area contributed by atoms with Gasteiger partial charge in [-0.1, -0.05) is 18.2 Å². The molecule has 0 aliphatic heterocycles. The summed E-state index contributed by atoms with van der Waals surface area (Å²) >= 11 is 1.91. The van der Waals surface area contributed by atoms with E-state index in [9.17, 15) is 0 Å². The Hall–Kier alpha value is -0.470. The minimum Gasteiger partial charge on any atom is -0.309 e. The minimum atomic E-state index is 0.300. The van der Waals surface area contributed by atoms with Crippen LogP contribution in [0.15, 0.2) is 18.2 Å². The first-order chi connectivity index (χ1) is 7.85. The third-order valence-corrected chi connectivity index (χ3v) is 4.67. The molecule has 0 aliphatic rings. The Morgan fingerprint density at radius 3 is 2.41 bits per heavy atom. The highest BCUT2D eigenvalue weighted by Gasteiger charge is 2.17. The van der Waals surface area contributed by atoms with E-state index < -0.39 is 0 Å². The summed E-state index contributed by atoms with van der Waals surface area (Å²) in [6.45, 7) is 12.2. The van der Waals surface area contributed by atoms with Gasteiger partial charge < -0.3 is 5.32 Å². The number of thioether (sulfide) groups is 1. The second kappa shape index (κ2) is 5.92. The molecule has 0 bridgehead atoms. The molecule has 0 spiro atoms. The zero-order valence-corrected chi connectivity index (χ0v) is 12.7. The van der Waals surface area contributed by atoms with Gasteiger partial charge in [0.2, 0.25) is 0 Å². The average molecular weight is 251 g/mol. The standard InChI is InChI=1S/C15H25NS/c1-11-7-8-14(9-12(11)2)13(3)16-10-15(4,5)17-6/h7-9,13,16H,10H2,1-6H3. The van der Waals surface area contributed by atoms with Gasteiger partial charge in [0.05, 0.1) is 0 Å². The molecule has 96 valence electrons. The number of aryl methyl sites for hydroxylation is 2. The Kier molecular flexibility index (Phi) is 5.08. The van der Waals surface area contributed by atoms with Gasteiger partial charge in [-0.05, 0) is 57.6 Å². The lowest BCUT2D eigenvalue weighted by atomic mass is 10.0. The number of rotatable bonds is 5. The van der Waals surface area contributed by atoms with Crippen molar-refractivity contribution in [2.24, 2.45) is 0 Å². The van der Waals surface area contributed by atoms with E-state index >= 15 is 0 Å². The fourth-order valence-electron chi connectivity index (χ4n) is 1.62. The molecule has 1 aromatic carbocycles. The van der Waals surface area contributed by atoms with Gasteiger partial charge in [-0.3, -0.25) is 0 Å². The van der Waals surface area contributed by atoms with Gasteiger partial charge in [-0.25, -0.2) is 0 Å². The van der Waals surface area contributed by atoms with Crippen LogP contribution in [0.1, 0.15) is 43.5 Å². The van der Waals surface area contributed by atoms with Gasteiger partial charge in [0.15, 0.2) is 0 Å². The summed E-state index contributed by atoms with van der Waals surface area (Å²) in [4.78, 5) is 0. The summed E-state index contributed by atoms with van der Waals surface area (Å²) in [5.74, 6) is 0. The number of benzene rings is 1. The number of hydrogen-bond donors (Lipinski definition) is 1. The third kappa shape index (κ3) is 4.36. The quantitative estimate of drug-likeness (QED) is 0.845. The molecule has 1 nitrogen and oxygen atoms in total. The van der Waals surface area contributed by atoms with Gasteiger partial charge in [-0.2, -0.15) is 11.8 Å². The van der Waals surface area contributed by atoms with Crippen molar-refractivity contribution in [3.8, 4) is 0 Å². The predicted octanol–water partition coefficient (Wildman–Crippen LogP) is 4.10. The van der Waals surface area contributed by atoms with Crippen LogP contribution in [-0.2, 0) is 0 Å². The van der Waals surface area contributed by atoms with Gasteiger partial charge in [0.1, 0.15) is 0 Å². The molecule has 1 aromatic rings. The van der Waals surface area contributed by atoms with E-state index in [2.05, 4.69) is 64.4 Å². The largest absolute Gasteiger partial charge is 0.309 e. The minimum absolute atomic E-state index is 0.300. The summed E-state index contributed by atoms with van der Waals surface area (Å²) in [5, 5.41) is 3.62. The summed E-state index contributed by atoms with van der Waals surface area (Å²) in [6.07, 6.45) is 2.17. The van der Waals surface area contributed by atoms with Crippen molar-refractivity contribution in [3.63, 3.8) is 0 Å². The fraction of sp³-hybridized carbons (Fsp3) is 0.600. The topological polar surface area (TPSA) is 12.0 Å². The highest BCUT2D eigenvalue weighted by Crippen LogP contribution is 2.22. The highest BCUT2D eigenvalue weighted by atomic mass is 32.2. The van der Waals surface area contributed by atoms with E-state index in [-0.39, 0.29) is 0 Å². The van der Waals surface area contributed by atoms with Crippen LogP contribution in [0, 0.1) is 13.8 Å². The molecule has 0 aromatic heterocycles. The Bertz CT molecular complexity index is 371. The van der Waals surface area contributed by atoms with Gasteiger partial charge in [-0.15, -0.1) is 0 Å². The molecule has 0 aliphatic carbocycles. The molecule has 2 heteroatoms. The molecule has 1 atom stereocenters. The molecule has 0 amide bonds. The van der Waals surface area contributed by atoms with Crippen molar-refractivity contribution in [1.29, 1.82) is 0 Å². The molecule has 0 saturated carbocycles. The van der Waals surface area contributed by atoms with Crippen molar-refractivity contribution in [3.05, 3.63) is 34.9 Å². The summed E-state index contributed by atoms with van der Waals surface area (Å²) in [7, 11) is 0. The maximum Gasteiger partial charge on any atom is 0.0292 e. The third-order valence-electron chi connectivity index (χ3n) is 3.42. The van der Waals surface area contributed by atoms with Crippen molar-refractivity contribution in [2.75, 3.05) is 12.8 Å². The van der Waals surface area contributed by atoms with Crippen LogP contribution in [0.2, 0.25) is 0 Å². The van der Waals surface area contributed by atoms with Crippen LogP contribution in [0.3, 0.4) is 0 Å². The average Bonchev–Trinajstić information content (AvgIpc) is 2.30. The van der Waals surface area contributed by atoms with Crippen LogP contribution in [-0.4, -0.2) is 17.5 Å². The Morgan fingerprint density at radius 2 is 1.88 bits per heavy atom. The normalized spacial score (nSPS) is 13.8. The molecule has 0 heterocycles. The van der Waals surface area contributed by atoms with Crippen molar-refractivity contribution in [2.45, 2.75) is 45.4 Å². The lowest BCUT2D eigenvalue weighted by Crippen LogP contribution is -2.33. The first-order valence-corrected chi connectivity index (χ1v) is 7.44. The van der Waals surface area contributed by atoms with Gasteiger partial charge >= 0.3 is 0 Å². The van der Waals surface area contributed by atoms with Crippen molar-refractivity contribution < 1.29 is 0 Å². The summed E-state index contributed by atoms with van der Waals surface area (Å²) < 4.78 is 0.300. The van der Waals surface area contributed by atoms with E-state index in [1.807, 2.05) is 11.8 Å². The molecule has 0 radical (unpaired) electrons. The van der Waals surface area contributed by atoms with Crippen LogP contribution >= 0.6 is 11.8 Å². The first-order valence-electron chi connectivity index (χ1n) is 6.21. The zero-order chi connectivity index (χ0) is 13.1. The first kappa shape index (κ1) is 14.6. The second-order valence-electron chi connectivity index (χ2n) is 5.41. The smallest absolute Gasteiger partial charge is 0.0292 e.